The van der Waals surface area contributed by atoms with E-state index in [0.29, 0.717) is 40.5 Å². The van der Waals surface area contributed by atoms with Crippen LogP contribution in [0.25, 0.3) is 50.5 Å². The fourth-order valence-electron chi connectivity index (χ4n) is 10.5. The van der Waals surface area contributed by atoms with Gasteiger partial charge in [0.1, 0.15) is 12.8 Å². The number of carboxylic acids is 3. The number of fused-ring (bicyclic) bond motifs is 9. The number of hydrogen-bond donors (Lipinski definition) is 11. The molecule has 3 unspecified atom stereocenters. The van der Waals surface area contributed by atoms with Crippen LogP contribution in [0.2, 0.25) is 0 Å². The molecule has 84 heavy (non-hydrogen) atoms. The molecule has 3 amide bonds. The Hall–Kier alpha value is -9.62. The lowest BCUT2D eigenvalue weighted by Crippen LogP contribution is -2.41. The minimum absolute atomic E-state index is 0.0179. The Morgan fingerprint density at radius 1 is 0.833 bits per heavy atom. The van der Waals surface area contributed by atoms with Crippen LogP contribution in [0.15, 0.2) is 54.0 Å². The molecule has 5 aromatic heterocycles. The van der Waals surface area contributed by atoms with Crippen molar-refractivity contribution < 1.29 is 53.6 Å². The fraction of sp³-hybridized carbons (Fsp3) is 0.356. The van der Waals surface area contributed by atoms with Crippen LogP contribution in [0, 0.1) is 20.8 Å². The number of anilines is 2. The summed E-state index contributed by atoms with van der Waals surface area (Å²) >= 11 is 0. The summed E-state index contributed by atoms with van der Waals surface area (Å²) in [4.78, 5) is 121. The first kappa shape index (κ1) is 60.5. The highest BCUT2D eigenvalue weighted by molar-refractivity contribution is 6.24. The second-order valence-electron chi connectivity index (χ2n) is 20.4. The first-order chi connectivity index (χ1) is 40.2. The van der Waals surface area contributed by atoms with Crippen molar-refractivity contribution in [3.8, 4) is 0 Å². The Labute approximate surface area is 481 Å². The number of allylic oxidation sites excluding steroid dienone is 1. The zero-order valence-corrected chi connectivity index (χ0v) is 47.4. The molecule has 3 atom stereocenters. The van der Waals surface area contributed by atoms with Gasteiger partial charge in [-0.2, -0.15) is 4.98 Å². The number of nitrogen functional groups attached to an aromatic ring is 1. The van der Waals surface area contributed by atoms with Gasteiger partial charge in [-0.05, 0) is 111 Å². The van der Waals surface area contributed by atoms with E-state index in [1.165, 1.54) is 18.3 Å². The van der Waals surface area contributed by atoms with Gasteiger partial charge in [0.2, 0.25) is 17.8 Å². The topological polar surface area (TPSA) is 385 Å². The maximum Gasteiger partial charge on any atom is 0.338 e. The van der Waals surface area contributed by atoms with E-state index in [9.17, 15) is 48.9 Å². The Morgan fingerprint density at radius 2 is 1.56 bits per heavy atom. The summed E-state index contributed by atoms with van der Waals surface area (Å²) in [6, 6.07) is 8.57. The predicted molar refractivity (Wildman–Crippen MR) is 314 cm³/mol. The van der Waals surface area contributed by atoms with Gasteiger partial charge in [-0.3, -0.25) is 33.9 Å². The molecule has 0 spiro atoms. The maximum atomic E-state index is 13.4. The van der Waals surface area contributed by atoms with E-state index in [-0.39, 0.29) is 117 Å². The van der Waals surface area contributed by atoms with Crippen molar-refractivity contribution in [3.05, 3.63) is 127 Å². The largest absolute Gasteiger partial charge is 0.481 e. The van der Waals surface area contributed by atoms with Crippen molar-refractivity contribution >= 4 is 97.7 Å². The zero-order valence-electron chi connectivity index (χ0n) is 47.4. The SMILES string of the molecule is C=Cc1c(C)c2cc3nc(c(CC(=O)O)c4nc(cc5[nH]c(c(C)c5CC)c(C)c1[nH]2)C(C)=C4C(=O)O)C(CCC(=O)NCCOCCOCNC(=O)CCC(NC(=O)c1ccc(NCc2cnc4nc(N)[nH]c(=O)c4n2)cc1)C(=O)O)C3C. The summed E-state index contributed by atoms with van der Waals surface area (Å²) in [6.07, 6.45) is 3.20. The van der Waals surface area contributed by atoms with Gasteiger partial charge < -0.3 is 61.8 Å². The molecule has 0 saturated carbocycles. The highest BCUT2D eigenvalue weighted by atomic mass is 16.5. The number of amides is 3. The lowest BCUT2D eigenvalue weighted by atomic mass is 9.84. The molecule has 7 heterocycles. The molecule has 25 heteroatoms. The number of benzene rings is 1. The molecule has 0 fully saturated rings. The minimum Gasteiger partial charge on any atom is -0.481 e. The summed E-state index contributed by atoms with van der Waals surface area (Å²) < 4.78 is 11.1. The van der Waals surface area contributed by atoms with Crippen LogP contribution in [-0.2, 0) is 52.8 Å². The summed E-state index contributed by atoms with van der Waals surface area (Å²) in [6.45, 7) is 16.3. The molecule has 2 aliphatic rings. The average molecular weight is 1150 g/mol. The van der Waals surface area contributed by atoms with Crippen LogP contribution in [-0.4, -0.2) is 130 Å². The molecule has 25 nitrogen and oxygen atoms in total. The number of aryl methyl sites for hydroxylation is 4. The molecule has 8 bridgehead atoms. The van der Waals surface area contributed by atoms with Crippen molar-refractivity contribution in [1.82, 2.24) is 55.8 Å². The zero-order chi connectivity index (χ0) is 60.5. The number of nitrogens with two attached hydrogens (primary N) is 1. The number of nitrogens with one attached hydrogen (secondary N) is 7. The maximum absolute atomic E-state index is 13.4. The normalized spacial score (nSPS) is 14.3. The molecule has 0 radical (unpaired) electrons. The number of rotatable bonds is 25. The predicted octanol–water partition coefficient (Wildman–Crippen LogP) is 5.86. The Balaban J connectivity index is 0.819. The fourth-order valence-corrected chi connectivity index (χ4v) is 10.5. The number of ether oxygens (including phenoxy) is 2. The monoisotopic (exact) mass is 1150 g/mol. The van der Waals surface area contributed by atoms with Crippen LogP contribution >= 0.6 is 0 Å². The first-order valence-electron chi connectivity index (χ1n) is 27.3. The smallest absolute Gasteiger partial charge is 0.338 e. The molecule has 2 aliphatic heterocycles. The van der Waals surface area contributed by atoms with Gasteiger partial charge in [0.05, 0.1) is 72.8 Å². The lowest BCUT2D eigenvalue weighted by Gasteiger charge is -2.18. The number of nitrogens with zero attached hydrogens (tertiary/aromatic N) is 5. The number of carbonyl (C=O) groups excluding carboxylic acids is 3. The third-order valence-corrected chi connectivity index (χ3v) is 15.0. The van der Waals surface area contributed by atoms with Crippen molar-refractivity contribution in [2.24, 2.45) is 0 Å². The number of aromatic amines is 3. The summed E-state index contributed by atoms with van der Waals surface area (Å²) in [5.41, 5.74) is 16.3. The number of carbonyl (C=O) groups is 6. The molecule has 1 aromatic carbocycles. The quantitative estimate of drug-likeness (QED) is 0.0236. The van der Waals surface area contributed by atoms with Gasteiger partial charge >= 0.3 is 17.9 Å². The summed E-state index contributed by atoms with van der Waals surface area (Å²) in [7, 11) is 0. The number of aliphatic carboxylic acids is 3. The van der Waals surface area contributed by atoms with Gasteiger partial charge in [0.15, 0.2) is 11.2 Å². The third-order valence-electron chi connectivity index (χ3n) is 15.0. The number of hydrogen-bond acceptors (Lipinski definition) is 16. The van der Waals surface area contributed by atoms with Gasteiger partial charge in [0, 0.05) is 75.8 Å². The van der Waals surface area contributed by atoms with E-state index in [0.717, 1.165) is 49.9 Å². The van der Waals surface area contributed by atoms with Crippen LogP contribution in [0.4, 0.5) is 11.6 Å². The second kappa shape index (κ2) is 26.5. The standard InChI is InChI=1S/C59H67N13O12/c1-8-36-30(5)49-32(7)50-37(9-2)28(3)41(66-50)23-42-29(4)38(51(67-42)39(22-47(75)76)52-48(58(81)82)31(6)43(68-52)24-44(36)69-49)14-16-45(73)61-18-19-83-20-21-84-27-64-46(74)17-15-40(57(79)80)70-55(77)33-10-12-34(13-11-33)62-25-35-26-63-54-53(65-35)56(78)72-59(60)71-54/h9-13,23-24,26,29,38,40,62,66,69H,2,8,14-22,25,27H2,1,3-7H3,(H,61,73)(H,64,74)(H,70,77)(H,75,76)(H,79,80)(H,81,82)(H3,60,63,71,72,78). The molecule has 6 aromatic rings. The molecule has 0 aliphatic carbocycles. The Bertz CT molecular complexity index is 3860. The van der Waals surface area contributed by atoms with Crippen molar-refractivity contribution in [2.45, 2.75) is 104 Å². The number of aromatic nitrogens is 8. The summed E-state index contributed by atoms with van der Waals surface area (Å²) in [5.74, 6) is -6.17. The van der Waals surface area contributed by atoms with Gasteiger partial charge in [-0.25, -0.2) is 24.5 Å². The highest BCUT2D eigenvalue weighted by Gasteiger charge is 2.36. The Kier molecular flexibility index (Phi) is 19.1. The van der Waals surface area contributed by atoms with Crippen LogP contribution in [0.1, 0.15) is 130 Å². The number of H-pyrrole nitrogens is 3. The van der Waals surface area contributed by atoms with Crippen LogP contribution < -0.4 is 32.6 Å². The van der Waals surface area contributed by atoms with Crippen molar-refractivity contribution in [2.75, 3.05) is 44.1 Å². The third kappa shape index (κ3) is 13.6. The van der Waals surface area contributed by atoms with E-state index in [1.807, 2.05) is 52.8 Å². The minimum atomic E-state index is -1.36. The second-order valence-corrected chi connectivity index (χ2v) is 20.4. The van der Waals surface area contributed by atoms with Gasteiger partial charge in [-0.15, -0.1) is 0 Å². The molecule has 8 rings (SSSR count). The van der Waals surface area contributed by atoms with Crippen LogP contribution in [0.5, 0.6) is 0 Å². The molecule has 440 valence electrons. The van der Waals surface area contributed by atoms with E-state index in [1.54, 1.807) is 19.1 Å². The lowest BCUT2D eigenvalue weighted by molar-refractivity contribution is -0.139. The summed E-state index contributed by atoms with van der Waals surface area (Å²) in [5, 5.41) is 41.8. The Morgan fingerprint density at radius 3 is 2.26 bits per heavy atom. The van der Waals surface area contributed by atoms with Crippen molar-refractivity contribution in [1.29, 1.82) is 0 Å². The van der Waals surface area contributed by atoms with Gasteiger partial charge in [-0.1, -0.05) is 26.5 Å². The van der Waals surface area contributed by atoms with Crippen molar-refractivity contribution in [3.63, 3.8) is 0 Å². The van der Waals surface area contributed by atoms with E-state index in [4.69, 9.17) is 25.2 Å². The molecular weight excluding hydrogens is 1080 g/mol. The average Bonchev–Trinajstić information content (AvgIpc) is 2.16. The van der Waals surface area contributed by atoms with E-state index >= 15 is 0 Å². The number of carboxylic acid groups (broad SMARTS) is 3. The molecule has 0 saturated heterocycles. The first-order valence-corrected chi connectivity index (χ1v) is 27.3. The van der Waals surface area contributed by atoms with Crippen LogP contribution in [0.3, 0.4) is 0 Å². The van der Waals surface area contributed by atoms with E-state index < -0.39 is 53.7 Å². The molecular formula is C59H67N13O12. The highest BCUT2D eigenvalue weighted by Crippen LogP contribution is 2.44. The van der Waals surface area contributed by atoms with Gasteiger partial charge in [0.25, 0.3) is 11.5 Å². The molecule has 12 N–H and O–H groups in total. The van der Waals surface area contributed by atoms with E-state index in [2.05, 4.69) is 57.7 Å².